The molecule has 1 aromatic heterocycles. The van der Waals surface area contributed by atoms with E-state index in [1.54, 1.807) is 32.2 Å². The molecule has 0 fully saturated rings. The number of nitrogens with zero attached hydrogens (tertiary/aromatic N) is 2. The lowest BCUT2D eigenvalue weighted by atomic mass is 10.1. The van der Waals surface area contributed by atoms with Crippen LogP contribution in [0.4, 0.5) is 5.69 Å². The monoisotopic (exact) mass is 218 g/mol. The number of aromatic nitrogens is 1. The van der Waals surface area contributed by atoms with Crippen LogP contribution in [0.2, 0.25) is 0 Å². The van der Waals surface area contributed by atoms with Crippen molar-refractivity contribution >= 4 is 16.6 Å². The molecule has 0 bridgehead atoms. The fourth-order valence-corrected chi connectivity index (χ4v) is 1.61. The number of benzene rings is 1. The molecule has 82 valence electrons. The minimum Gasteiger partial charge on any atom is -0.497 e. The molecule has 1 heterocycles. The van der Waals surface area contributed by atoms with E-state index in [2.05, 4.69) is 4.98 Å². The zero-order valence-corrected chi connectivity index (χ0v) is 8.93. The van der Waals surface area contributed by atoms with Gasteiger partial charge in [-0.2, -0.15) is 0 Å². The van der Waals surface area contributed by atoms with Crippen molar-refractivity contribution in [2.75, 3.05) is 7.11 Å². The van der Waals surface area contributed by atoms with Gasteiger partial charge in [0.25, 0.3) is 5.69 Å². The van der Waals surface area contributed by atoms with Crippen molar-refractivity contribution in [1.29, 1.82) is 0 Å². The Balaban J connectivity index is 2.71. The van der Waals surface area contributed by atoms with Crippen molar-refractivity contribution in [1.82, 2.24) is 4.98 Å². The van der Waals surface area contributed by atoms with Gasteiger partial charge in [0.2, 0.25) is 0 Å². The lowest BCUT2D eigenvalue weighted by molar-refractivity contribution is -0.385. The predicted molar refractivity (Wildman–Crippen MR) is 59.7 cm³/mol. The molecule has 0 aliphatic heterocycles. The maximum atomic E-state index is 10.7. The van der Waals surface area contributed by atoms with E-state index in [0.29, 0.717) is 16.8 Å². The zero-order valence-electron chi connectivity index (χ0n) is 8.93. The fraction of sp³-hybridized carbons (Fsp3) is 0.182. The van der Waals surface area contributed by atoms with E-state index in [1.165, 1.54) is 6.20 Å². The van der Waals surface area contributed by atoms with Gasteiger partial charge in [-0.05, 0) is 19.1 Å². The van der Waals surface area contributed by atoms with Crippen molar-refractivity contribution in [2.24, 2.45) is 0 Å². The molecule has 0 atom stereocenters. The number of fused-ring (bicyclic) bond motifs is 1. The highest BCUT2D eigenvalue weighted by molar-refractivity contribution is 5.85. The third-order valence-corrected chi connectivity index (χ3v) is 2.52. The number of hydrogen-bond donors (Lipinski definition) is 0. The molecule has 5 nitrogen and oxygen atoms in total. The molecule has 1 aromatic carbocycles. The number of methoxy groups -OCH3 is 1. The predicted octanol–water partition coefficient (Wildman–Crippen LogP) is 2.46. The summed E-state index contributed by atoms with van der Waals surface area (Å²) < 4.78 is 5.07. The first kappa shape index (κ1) is 10.4. The average molecular weight is 218 g/mol. The van der Waals surface area contributed by atoms with Gasteiger partial charge in [0.15, 0.2) is 0 Å². The van der Waals surface area contributed by atoms with Crippen LogP contribution in [0.25, 0.3) is 10.9 Å². The molecule has 0 unspecified atom stereocenters. The van der Waals surface area contributed by atoms with Gasteiger partial charge in [-0.1, -0.05) is 0 Å². The quantitative estimate of drug-likeness (QED) is 0.573. The van der Waals surface area contributed by atoms with Crippen LogP contribution in [0.1, 0.15) is 5.56 Å². The molecule has 16 heavy (non-hydrogen) atoms. The Hall–Kier alpha value is -2.17. The third kappa shape index (κ3) is 1.56. The van der Waals surface area contributed by atoms with E-state index in [-0.39, 0.29) is 5.69 Å². The van der Waals surface area contributed by atoms with Gasteiger partial charge in [0, 0.05) is 17.0 Å². The van der Waals surface area contributed by atoms with Gasteiger partial charge in [-0.3, -0.25) is 10.1 Å². The lowest BCUT2D eigenvalue weighted by Crippen LogP contribution is -1.94. The fourth-order valence-electron chi connectivity index (χ4n) is 1.61. The third-order valence-electron chi connectivity index (χ3n) is 2.52. The Morgan fingerprint density at radius 1 is 1.44 bits per heavy atom. The number of ether oxygens (including phenoxy) is 1. The van der Waals surface area contributed by atoms with Crippen LogP contribution in [0.3, 0.4) is 0 Å². The number of pyridine rings is 1. The summed E-state index contributed by atoms with van der Waals surface area (Å²) in [4.78, 5) is 14.4. The largest absolute Gasteiger partial charge is 0.497 e. The Morgan fingerprint density at radius 2 is 2.19 bits per heavy atom. The van der Waals surface area contributed by atoms with Gasteiger partial charge in [-0.25, -0.2) is 4.98 Å². The molecule has 0 N–H and O–H groups in total. The highest BCUT2D eigenvalue weighted by Gasteiger charge is 2.14. The molecule has 2 aromatic rings. The first-order valence-electron chi connectivity index (χ1n) is 4.71. The highest BCUT2D eigenvalue weighted by atomic mass is 16.6. The summed E-state index contributed by atoms with van der Waals surface area (Å²) in [7, 11) is 1.57. The summed E-state index contributed by atoms with van der Waals surface area (Å²) >= 11 is 0. The number of rotatable bonds is 2. The van der Waals surface area contributed by atoms with Crippen molar-refractivity contribution in [3.63, 3.8) is 0 Å². The van der Waals surface area contributed by atoms with E-state index in [9.17, 15) is 10.1 Å². The van der Waals surface area contributed by atoms with Crippen LogP contribution in [0.5, 0.6) is 5.75 Å². The van der Waals surface area contributed by atoms with E-state index >= 15 is 0 Å². The summed E-state index contributed by atoms with van der Waals surface area (Å²) in [6.07, 6.45) is 1.27. The van der Waals surface area contributed by atoms with E-state index in [1.807, 2.05) is 0 Å². The minimum atomic E-state index is -0.425. The van der Waals surface area contributed by atoms with Crippen LogP contribution in [-0.4, -0.2) is 17.0 Å². The van der Waals surface area contributed by atoms with Crippen LogP contribution in [-0.2, 0) is 0 Å². The van der Waals surface area contributed by atoms with Crippen molar-refractivity contribution in [3.8, 4) is 5.75 Å². The molecule has 0 aliphatic carbocycles. The van der Waals surface area contributed by atoms with Gasteiger partial charge in [-0.15, -0.1) is 0 Å². The molecule has 0 saturated carbocycles. The maximum Gasteiger partial charge on any atom is 0.291 e. The summed E-state index contributed by atoms with van der Waals surface area (Å²) in [5.41, 5.74) is 1.36. The lowest BCUT2D eigenvalue weighted by Gasteiger charge is -2.04. The van der Waals surface area contributed by atoms with Crippen LogP contribution < -0.4 is 4.74 Å². The van der Waals surface area contributed by atoms with Gasteiger partial charge in [0.1, 0.15) is 11.9 Å². The van der Waals surface area contributed by atoms with E-state index in [4.69, 9.17) is 4.74 Å². The summed E-state index contributed by atoms with van der Waals surface area (Å²) in [6.45, 7) is 1.72. The SMILES string of the molecule is COc1ccc2c(C)c([N+](=O)[O-])cnc2c1. The molecular formula is C11H10N2O3. The van der Waals surface area contributed by atoms with Crippen LogP contribution in [0.15, 0.2) is 24.4 Å². The second kappa shape index (κ2) is 3.77. The number of hydrogen-bond acceptors (Lipinski definition) is 4. The number of nitro groups is 1. The molecule has 0 spiro atoms. The van der Waals surface area contributed by atoms with Crippen molar-refractivity contribution < 1.29 is 9.66 Å². The first-order valence-corrected chi connectivity index (χ1v) is 4.71. The smallest absolute Gasteiger partial charge is 0.291 e. The molecule has 2 rings (SSSR count). The van der Waals surface area contributed by atoms with Gasteiger partial charge < -0.3 is 4.74 Å². The maximum absolute atomic E-state index is 10.7. The minimum absolute atomic E-state index is 0.0395. The second-order valence-corrected chi connectivity index (χ2v) is 3.41. The second-order valence-electron chi connectivity index (χ2n) is 3.41. The summed E-state index contributed by atoms with van der Waals surface area (Å²) in [5.74, 6) is 0.688. The molecule has 0 saturated heterocycles. The average Bonchev–Trinajstić information content (AvgIpc) is 2.28. The van der Waals surface area contributed by atoms with Crippen molar-refractivity contribution in [3.05, 3.63) is 40.1 Å². The van der Waals surface area contributed by atoms with E-state index < -0.39 is 4.92 Å². The first-order chi connectivity index (χ1) is 7.63. The normalized spacial score (nSPS) is 10.4. The topological polar surface area (TPSA) is 65.3 Å². The summed E-state index contributed by atoms with van der Waals surface area (Å²) in [6, 6.07) is 5.30. The summed E-state index contributed by atoms with van der Waals surface area (Å²) in [5, 5.41) is 11.5. The Kier molecular flexibility index (Phi) is 2.44. The highest BCUT2D eigenvalue weighted by Crippen LogP contribution is 2.27. The molecule has 0 amide bonds. The molecule has 5 heteroatoms. The van der Waals surface area contributed by atoms with Gasteiger partial charge in [0.05, 0.1) is 17.5 Å². The van der Waals surface area contributed by atoms with Gasteiger partial charge >= 0.3 is 0 Å². The molecular weight excluding hydrogens is 208 g/mol. The van der Waals surface area contributed by atoms with Crippen molar-refractivity contribution in [2.45, 2.75) is 6.92 Å². The standard InChI is InChI=1S/C11H10N2O3/c1-7-9-4-3-8(16-2)5-10(9)12-6-11(7)13(14)15/h3-6H,1-2H3. The van der Waals surface area contributed by atoms with E-state index in [0.717, 1.165) is 5.39 Å². The zero-order chi connectivity index (χ0) is 11.7. The van der Waals surface area contributed by atoms with Crippen LogP contribution in [0, 0.1) is 17.0 Å². The number of aryl methyl sites for hydroxylation is 1. The Bertz CT molecular complexity index is 566. The molecule has 0 radical (unpaired) electrons. The Morgan fingerprint density at radius 3 is 2.81 bits per heavy atom. The van der Waals surface area contributed by atoms with Crippen LogP contribution >= 0.6 is 0 Å². The Labute approximate surface area is 91.8 Å². The molecule has 0 aliphatic rings.